The van der Waals surface area contributed by atoms with Crippen molar-refractivity contribution in [1.29, 1.82) is 0 Å². The topological polar surface area (TPSA) is 52.7 Å². The van der Waals surface area contributed by atoms with Gasteiger partial charge in [-0.25, -0.2) is 4.39 Å². The van der Waals surface area contributed by atoms with E-state index in [0.29, 0.717) is 16.3 Å². The Bertz CT molecular complexity index is 945. The third-order valence-electron chi connectivity index (χ3n) is 4.15. The van der Waals surface area contributed by atoms with Crippen LogP contribution >= 0.6 is 11.8 Å². The first kappa shape index (κ1) is 17.4. The molecule has 3 aromatic rings. The molecule has 5 nitrogen and oxygen atoms in total. The van der Waals surface area contributed by atoms with Crippen molar-refractivity contribution in [2.24, 2.45) is 7.05 Å². The highest BCUT2D eigenvalue weighted by molar-refractivity contribution is 7.99. The fraction of sp³-hybridized carbons (Fsp3) is 0.278. The molecule has 0 saturated heterocycles. The van der Waals surface area contributed by atoms with Crippen LogP contribution in [0.5, 0.6) is 0 Å². The van der Waals surface area contributed by atoms with E-state index in [1.807, 2.05) is 37.6 Å². The van der Waals surface area contributed by atoms with Gasteiger partial charge in [0.2, 0.25) is 0 Å². The molecule has 2 aromatic heterocycles. The number of thioether (sulfide) groups is 1. The van der Waals surface area contributed by atoms with Gasteiger partial charge < -0.3 is 9.13 Å². The van der Waals surface area contributed by atoms with Crippen LogP contribution in [0.3, 0.4) is 0 Å². The predicted molar refractivity (Wildman–Crippen MR) is 96.0 cm³/mol. The van der Waals surface area contributed by atoms with Gasteiger partial charge in [0.15, 0.2) is 10.9 Å². The number of benzene rings is 1. The van der Waals surface area contributed by atoms with E-state index in [0.717, 1.165) is 17.1 Å². The molecule has 0 spiro atoms. The molecule has 1 aromatic carbocycles. The highest BCUT2D eigenvalue weighted by atomic mass is 32.2. The van der Waals surface area contributed by atoms with E-state index in [4.69, 9.17) is 0 Å². The van der Waals surface area contributed by atoms with Crippen LogP contribution in [-0.4, -0.2) is 30.9 Å². The van der Waals surface area contributed by atoms with Crippen molar-refractivity contribution in [2.75, 3.05) is 5.75 Å². The van der Waals surface area contributed by atoms with Crippen LogP contribution in [0.2, 0.25) is 0 Å². The van der Waals surface area contributed by atoms with Gasteiger partial charge in [0.1, 0.15) is 12.1 Å². The lowest BCUT2D eigenvalue weighted by Gasteiger charge is -2.11. The molecule has 0 bridgehead atoms. The summed E-state index contributed by atoms with van der Waals surface area (Å²) in [5.41, 5.74) is 3.67. The Kier molecular flexibility index (Phi) is 4.76. The highest BCUT2D eigenvalue weighted by Gasteiger charge is 2.18. The molecular weight excluding hydrogens is 339 g/mol. The normalized spacial score (nSPS) is 11.1. The molecule has 0 unspecified atom stereocenters. The van der Waals surface area contributed by atoms with Crippen molar-refractivity contribution in [3.8, 4) is 5.69 Å². The van der Waals surface area contributed by atoms with Crippen LogP contribution in [0.25, 0.3) is 5.69 Å². The second-order valence-corrected chi connectivity index (χ2v) is 6.93. The summed E-state index contributed by atoms with van der Waals surface area (Å²) in [5.74, 6) is 0.0367. The maximum absolute atomic E-state index is 13.9. The molecular formula is C18H19FN4OS. The maximum atomic E-state index is 13.9. The molecule has 0 aliphatic rings. The predicted octanol–water partition coefficient (Wildman–Crippen LogP) is 3.65. The minimum Gasteiger partial charge on any atom is -0.318 e. The van der Waals surface area contributed by atoms with Gasteiger partial charge in [-0.15, -0.1) is 10.2 Å². The van der Waals surface area contributed by atoms with Crippen LogP contribution in [-0.2, 0) is 7.05 Å². The van der Waals surface area contributed by atoms with Crippen molar-refractivity contribution in [3.05, 3.63) is 58.9 Å². The van der Waals surface area contributed by atoms with Crippen LogP contribution < -0.4 is 0 Å². The fourth-order valence-electron chi connectivity index (χ4n) is 2.77. The Balaban J connectivity index is 1.87. The van der Waals surface area contributed by atoms with E-state index < -0.39 is 0 Å². The van der Waals surface area contributed by atoms with Gasteiger partial charge in [0.25, 0.3) is 0 Å². The first-order valence-corrected chi connectivity index (χ1v) is 8.82. The summed E-state index contributed by atoms with van der Waals surface area (Å²) in [5, 5.41) is 8.47. The number of hydrogen-bond donors (Lipinski definition) is 0. The standard InChI is InChI=1S/C18H19FN4OS/c1-11-5-6-14(8-16(11)19)23-12(2)7-15(13(23)3)17(24)9-25-18-21-20-10-22(18)4/h5-8,10H,9H2,1-4H3. The Labute approximate surface area is 149 Å². The minimum atomic E-state index is -0.254. The molecule has 0 saturated carbocycles. The number of ketones is 1. The molecule has 0 N–H and O–H groups in total. The number of halogens is 1. The van der Waals surface area contributed by atoms with Gasteiger partial charge in [-0.3, -0.25) is 4.79 Å². The third-order valence-corrected chi connectivity index (χ3v) is 5.18. The molecule has 0 aliphatic carbocycles. The van der Waals surface area contributed by atoms with Gasteiger partial charge in [0.05, 0.1) is 5.75 Å². The number of hydrogen-bond acceptors (Lipinski definition) is 4. The summed E-state index contributed by atoms with van der Waals surface area (Å²) in [6.45, 7) is 5.52. The maximum Gasteiger partial charge on any atom is 0.191 e. The Morgan fingerprint density at radius 1 is 1.24 bits per heavy atom. The lowest BCUT2D eigenvalue weighted by molar-refractivity contribution is 0.102. The number of Topliss-reactive ketones (excluding diaryl/α,β-unsaturated/α-hetero) is 1. The monoisotopic (exact) mass is 358 g/mol. The number of nitrogens with zero attached hydrogens (tertiary/aromatic N) is 4. The lowest BCUT2D eigenvalue weighted by atomic mass is 10.2. The summed E-state index contributed by atoms with van der Waals surface area (Å²) in [4.78, 5) is 12.6. The number of carbonyl (C=O) groups excluding carboxylic acids is 1. The Morgan fingerprint density at radius 2 is 2.00 bits per heavy atom. The number of aryl methyl sites for hydroxylation is 3. The number of rotatable bonds is 5. The van der Waals surface area contributed by atoms with E-state index in [9.17, 15) is 9.18 Å². The first-order valence-electron chi connectivity index (χ1n) is 7.84. The molecule has 0 amide bonds. The van der Waals surface area contributed by atoms with Gasteiger partial charge in [-0.05, 0) is 44.5 Å². The van der Waals surface area contributed by atoms with Gasteiger partial charge in [0, 0.05) is 29.7 Å². The van der Waals surface area contributed by atoms with E-state index in [1.165, 1.54) is 17.8 Å². The van der Waals surface area contributed by atoms with Crippen molar-refractivity contribution < 1.29 is 9.18 Å². The van der Waals surface area contributed by atoms with Gasteiger partial charge in [-0.2, -0.15) is 0 Å². The smallest absolute Gasteiger partial charge is 0.191 e. The van der Waals surface area contributed by atoms with Crippen molar-refractivity contribution in [3.63, 3.8) is 0 Å². The van der Waals surface area contributed by atoms with Crippen molar-refractivity contribution >= 4 is 17.5 Å². The molecule has 2 heterocycles. The molecule has 0 radical (unpaired) electrons. The highest BCUT2D eigenvalue weighted by Crippen LogP contribution is 2.24. The van der Waals surface area contributed by atoms with E-state index >= 15 is 0 Å². The van der Waals surface area contributed by atoms with Crippen LogP contribution in [0, 0.1) is 26.6 Å². The second-order valence-electron chi connectivity index (χ2n) is 5.99. The van der Waals surface area contributed by atoms with Crippen LogP contribution in [0.4, 0.5) is 4.39 Å². The van der Waals surface area contributed by atoms with Crippen LogP contribution in [0.1, 0.15) is 27.3 Å². The minimum absolute atomic E-state index is 0.0138. The van der Waals surface area contributed by atoms with Gasteiger partial charge in [-0.1, -0.05) is 17.8 Å². The summed E-state index contributed by atoms with van der Waals surface area (Å²) in [6, 6.07) is 6.96. The van der Waals surface area contributed by atoms with Crippen molar-refractivity contribution in [1.82, 2.24) is 19.3 Å². The molecule has 0 aliphatic heterocycles. The zero-order valence-corrected chi connectivity index (χ0v) is 15.4. The summed E-state index contributed by atoms with van der Waals surface area (Å²) < 4.78 is 17.6. The molecule has 7 heteroatoms. The van der Waals surface area contributed by atoms with E-state index in [-0.39, 0.29) is 17.4 Å². The quantitative estimate of drug-likeness (QED) is 0.516. The fourth-order valence-corrected chi connectivity index (χ4v) is 3.55. The number of carbonyl (C=O) groups is 1. The number of aromatic nitrogens is 4. The first-order chi connectivity index (χ1) is 11.9. The van der Waals surface area contributed by atoms with E-state index in [2.05, 4.69) is 10.2 Å². The third kappa shape index (κ3) is 3.37. The van der Waals surface area contributed by atoms with E-state index in [1.54, 1.807) is 23.9 Å². The lowest BCUT2D eigenvalue weighted by Crippen LogP contribution is -2.06. The average Bonchev–Trinajstić information content (AvgIpc) is 3.11. The van der Waals surface area contributed by atoms with Gasteiger partial charge >= 0.3 is 0 Å². The largest absolute Gasteiger partial charge is 0.318 e. The Morgan fingerprint density at radius 3 is 2.64 bits per heavy atom. The average molecular weight is 358 g/mol. The molecule has 130 valence electrons. The zero-order chi connectivity index (χ0) is 18.1. The molecule has 25 heavy (non-hydrogen) atoms. The summed E-state index contributed by atoms with van der Waals surface area (Å²) in [6.07, 6.45) is 1.60. The molecule has 0 fully saturated rings. The van der Waals surface area contributed by atoms with Crippen molar-refractivity contribution in [2.45, 2.75) is 25.9 Å². The zero-order valence-electron chi connectivity index (χ0n) is 14.6. The summed E-state index contributed by atoms with van der Waals surface area (Å²) in [7, 11) is 1.84. The molecule has 3 rings (SSSR count). The SMILES string of the molecule is Cc1ccc(-n2c(C)cc(C(=O)CSc3nncn3C)c2C)cc1F. The van der Waals surface area contributed by atoms with Crippen LogP contribution in [0.15, 0.2) is 35.7 Å². The molecule has 0 atom stereocenters. The Hall–Kier alpha value is -2.41. The second kappa shape index (κ2) is 6.84. The summed E-state index contributed by atoms with van der Waals surface area (Å²) >= 11 is 1.35.